The molecule has 0 aromatic carbocycles. The summed E-state index contributed by atoms with van der Waals surface area (Å²) in [4.78, 5) is 11.6. The number of aliphatic hydroxyl groups is 1. The molecule has 0 amide bonds. The molecule has 1 aliphatic carbocycles. The summed E-state index contributed by atoms with van der Waals surface area (Å²) in [5.74, 6) is -0.456. The van der Waals surface area contributed by atoms with E-state index in [-0.39, 0.29) is 6.61 Å². The Kier molecular flexibility index (Phi) is 4.82. The van der Waals surface area contributed by atoms with Gasteiger partial charge in [-0.1, -0.05) is 25.5 Å². The van der Waals surface area contributed by atoms with Crippen LogP contribution in [0.5, 0.6) is 0 Å². The topological polar surface area (TPSA) is 46.5 Å². The van der Waals surface area contributed by atoms with Crippen LogP contribution >= 0.6 is 0 Å². The van der Waals surface area contributed by atoms with Crippen LogP contribution in [0.3, 0.4) is 0 Å². The second-order valence-electron chi connectivity index (χ2n) is 4.07. The normalized spacial score (nSPS) is 20.4. The van der Waals surface area contributed by atoms with Crippen molar-refractivity contribution in [2.24, 2.45) is 0 Å². The highest BCUT2D eigenvalue weighted by Gasteiger charge is 2.38. The molecule has 1 saturated carbocycles. The predicted molar refractivity (Wildman–Crippen MR) is 58.4 cm³/mol. The lowest BCUT2D eigenvalue weighted by molar-refractivity contribution is -0.167. The minimum atomic E-state index is -1.21. The van der Waals surface area contributed by atoms with Crippen LogP contribution in [0, 0.1) is 0 Å². The van der Waals surface area contributed by atoms with Crippen molar-refractivity contribution in [2.45, 2.75) is 51.0 Å². The number of carbonyl (C=O) groups is 1. The van der Waals surface area contributed by atoms with E-state index in [1.54, 1.807) is 0 Å². The molecule has 86 valence electrons. The molecule has 0 aromatic rings. The fraction of sp³-hybridized carbons (Fsp3) is 0.750. The quantitative estimate of drug-likeness (QED) is 0.574. The Morgan fingerprint density at radius 2 is 2.00 bits per heavy atom. The van der Waals surface area contributed by atoms with Gasteiger partial charge in [0.25, 0.3) is 0 Å². The van der Waals surface area contributed by atoms with Crippen LogP contribution in [-0.2, 0) is 9.53 Å². The Balaban J connectivity index is 2.34. The molecule has 3 nitrogen and oxygen atoms in total. The lowest BCUT2D eigenvalue weighted by atomic mass is 9.85. The van der Waals surface area contributed by atoms with Gasteiger partial charge in [0.2, 0.25) is 0 Å². The van der Waals surface area contributed by atoms with Crippen molar-refractivity contribution in [3.05, 3.63) is 12.2 Å². The number of hydrogen-bond acceptors (Lipinski definition) is 3. The van der Waals surface area contributed by atoms with E-state index in [4.69, 9.17) is 4.74 Å². The molecule has 0 saturated heterocycles. The van der Waals surface area contributed by atoms with E-state index >= 15 is 0 Å². The molecular formula is C12H20O3. The van der Waals surface area contributed by atoms with E-state index in [9.17, 15) is 9.90 Å². The minimum absolute atomic E-state index is 0.273. The Morgan fingerprint density at radius 3 is 2.60 bits per heavy atom. The average molecular weight is 212 g/mol. The largest absolute Gasteiger partial charge is 0.459 e. The van der Waals surface area contributed by atoms with E-state index in [1.807, 2.05) is 19.1 Å². The molecule has 3 heteroatoms. The summed E-state index contributed by atoms with van der Waals surface area (Å²) < 4.78 is 5.01. The molecule has 1 aliphatic rings. The highest BCUT2D eigenvalue weighted by molar-refractivity contribution is 5.79. The Labute approximate surface area is 91.1 Å². The summed E-state index contributed by atoms with van der Waals surface area (Å²) in [5.41, 5.74) is -1.21. The van der Waals surface area contributed by atoms with Crippen LogP contribution in [0.4, 0.5) is 0 Å². The third kappa shape index (κ3) is 3.67. The van der Waals surface area contributed by atoms with Crippen molar-refractivity contribution in [1.29, 1.82) is 0 Å². The van der Waals surface area contributed by atoms with Gasteiger partial charge < -0.3 is 9.84 Å². The second kappa shape index (κ2) is 5.91. The standard InChI is InChI=1S/C12H20O3/c1-2-3-7-10-15-11(13)12(14)8-5-4-6-9-12/h3,7,14H,2,4-6,8-10H2,1H3/b7-3+. The first kappa shape index (κ1) is 12.2. The van der Waals surface area contributed by atoms with Crippen LogP contribution in [0.2, 0.25) is 0 Å². The summed E-state index contributed by atoms with van der Waals surface area (Å²) in [6.45, 7) is 2.29. The molecule has 1 fully saturated rings. The molecule has 0 aromatic heterocycles. The van der Waals surface area contributed by atoms with E-state index in [1.165, 1.54) is 0 Å². The molecule has 0 heterocycles. The zero-order chi connectivity index (χ0) is 11.1. The molecule has 0 unspecified atom stereocenters. The monoisotopic (exact) mass is 212 g/mol. The molecule has 0 bridgehead atoms. The molecular weight excluding hydrogens is 192 g/mol. The zero-order valence-corrected chi connectivity index (χ0v) is 9.37. The Bertz CT molecular complexity index is 227. The fourth-order valence-corrected chi connectivity index (χ4v) is 1.83. The summed E-state index contributed by atoms with van der Waals surface area (Å²) in [7, 11) is 0. The van der Waals surface area contributed by atoms with Gasteiger partial charge in [0.1, 0.15) is 6.61 Å². The first-order valence-corrected chi connectivity index (χ1v) is 5.73. The maximum absolute atomic E-state index is 11.6. The number of allylic oxidation sites excluding steroid dienone is 1. The molecule has 0 atom stereocenters. The van der Waals surface area contributed by atoms with Crippen molar-refractivity contribution >= 4 is 5.97 Å². The lowest BCUT2D eigenvalue weighted by Crippen LogP contribution is -2.41. The van der Waals surface area contributed by atoms with E-state index in [0.29, 0.717) is 12.8 Å². The maximum atomic E-state index is 11.6. The van der Waals surface area contributed by atoms with Gasteiger partial charge in [0.05, 0.1) is 0 Å². The Hall–Kier alpha value is -0.830. The van der Waals surface area contributed by atoms with Gasteiger partial charge in [-0.2, -0.15) is 0 Å². The molecule has 0 spiro atoms. The number of rotatable bonds is 4. The smallest absolute Gasteiger partial charge is 0.338 e. The summed E-state index contributed by atoms with van der Waals surface area (Å²) in [6, 6.07) is 0. The first-order chi connectivity index (χ1) is 7.19. The third-order valence-corrected chi connectivity index (χ3v) is 2.77. The minimum Gasteiger partial charge on any atom is -0.459 e. The van der Waals surface area contributed by atoms with E-state index in [0.717, 1.165) is 25.7 Å². The van der Waals surface area contributed by atoms with Gasteiger partial charge in [-0.25, -0.2) is 4.79 Å². The molecule has 0 radical (unpaired) electrons. The van der Waals surface area contributed by atoms with Crippen LogP contribution in [0.1, 0.15) is 45.4 Å². The summed E-state index contributed by atoms with van der Waals surface area (Å²) in [5, 5.41) is 10.00. The van der Waals surface area contributed by atoms with Gasteiger partial charge in [-0.3, -0.25) is 0 Å². The van der Waals surface area contributed by atoms with Gasteiger partial charge in [-0.05, 0) is 32.1 Å². The van der Waals surface area contributed by atoms with Gasteiger partial charge in [0.15, 0.2) is 5.60 Å². The predicted octanol–water partition coefficient (Wildman–Crippen LogP) is 2.19. The van der Waals surface area contributed by atoms with Gasteiger partial charge in [0, 0.05) is 0 Å². The fourth-order valence-electron chi connectivity index (χ4n) is 1.83. The number of esters is 1. The highest BCUT2D eigenvalue weighted by atomic mass is 16.5. The van der Waals surface area contributed by atoms with Crippen molar-refractivity contribution in [1.82, 2.24) is 0 Å². The van der Waals surface area contributed by atoms with Gasteiger partial charge in [-0.15, -0.1) is 0 Å². The van der Waals surface area contributed by atoms with Crippen molar-refractivity contribution in [2.75, 3.05) is 6.61 Å². The SMILES string of the molecule is CC/C=C/COC(=O)C1(O)CCCCC1. The van der Waals surface area contributed by atoms with E-state index < -0.39 is 11.6 Å². The van der Waals surface area contributed by atoms with Crippen molar-refractivity contribution in [3.63, 3.8) is 0 Å². The molecule has 1 rings (SSSR count). The Morgan fingerprint density at radius 1 is 1.33 bits per heavy atom. The number of ether oxygens (including phenoxy) is 1. The molecule has 0 aliphatic heterocycles. The third-order valence-electron chi connectivity index (χ3n) is 2.77. The highest BCUT2D eigenvalue weighted by Crippen LogP contribution is 2.28. The number of hydrogen-bond donors (Lipinski definition) is 1. The number of carbonyl (C=O) groups excluding carboxylic acids is 1. The van der Waals surface area contributed by atoms with E-state index in [2.05, 4.69) is 0 Å². The zero-order valence-electron chi connectivity index (χ0n) is 9.37. The summed E-state index contributed by atoms with van der Waals surface area (Å²) >= 11 is 0. The van der Waals surface area contributed by atoms with Crippen molar-refractivity contribution < 1.29 is 14.6 Å². The maximum Gasteiger partial charge on any atom is 0.338 e. The molecule has 1 N–H and O–H groups in total. The van der Waals surface area contributed by atoms with Crippen LogP contribution in [-0.4, -0.2) is 23.3 Å². The first-order valence-electron chi connectivity index (χ1n) is 5.73. The summed E-state index contributed by atoms with van der Waals surface area (Å²) in [6.07, 6.45) is 8.70. The molecule has 15 heavy (non-hydrogen) atoms. The van der Waals surface area contributed by atoms with Crippen LogP contribution in [0.25, 0.3) is 0 Å². The van der Waals surface area contributed by atoms with Crippen LogP contribution < -0.4 is 0 Å². The second-order valence-corrected chi connectivity index (χ2v) is 4.07. The van der Waals surface area contributed by atoms with Crippen molar-refractivity contribution in [3.8, 4) is 0 Å². The average Bonchev–Trinajstić information content (AvgIpc) is 2.25. The lowest BCUT2D eigenvalue weighted by Gasteiger charge is -2.29. The van der Waals surface area contributed by atoms with Crippen LogP contribution in [0.15, 0.2) is 12.2 Å². The van der Waals surface area contributed by atoms with Gasteiger partial charge >= 0.3 is 5.97 Å².